The molecule has 8 nitrogen and oxygen atoms in total. The molecule has 3 rings (SSSR count). The number of sulfone groups is 1. The van der Waals surface area contributed by atoms with Crippen molar-refractivity contribution < 1.29 is 18.0 Å². The van der Waals surface area contributed by atoms with Gasteiger partial charge in [-0.05, 0) is 31.0 Å². The van der Waals surface area contributed by atoms with Gasteiger partial charge in [0.1, 0.15) is 5.69 Å². The molecule has 9 heteroatoms. The highest BCUT2D eigenvalue weighted by Crippen LogP contribution is 2.18. The molecule has 0 unspecified atom stereocenters. The minimum atomic E-state index is -3.63. The maximum absolute atomic E-state index is 12.9. The Balaban J connectivity index is 1.93. The zero-order valence-electron chi connectivity index (χ0n) is 17.1. The molecule has 0 saturated carbocycles. The lowest BCUT2D eigenvalue weighted by atomic mass is 10.2. The van der Waals surface area contributed by atoms with Crippen molar-refractivity contribution in [2.75, 3.05) is 24.7 Å². The number of nitrogens with zero attached hydrogens (tertiary/aromatic N) is 2. The van der Waals surface area contributed by atoms with E-state index >= 15 is 0 Å². The van der Waals surface area contributed by atoms with Crippen molar-refractivity contribution in [2.24, 2.45) is 7.05 Å². The van der Waals surface area contributed by atoms with Gasteiger partial charge in [0, 0.05) is 32.6 Å². The van der Waals surface area contributed by atoms with E-state index in [0.717, 1.165) is 31.9 Å². The van der Waals surface area contributed by atoms with Crippen LogP contribution in [0.4, 0.5) is 5.69 Å². The molecule has 2 heterocycles. The summed E-state index contributed by atoms with van der Waals surface area (Å²) in [5.41, 5.74) is -0.337. The smallest absolute Gasteiger partial charge is 0.274 e. The number of amides is 2. The summed E-state index contributed by atoms with van der Waals surface area (Å²) in [5, 5.41) is 2.48. The molecule has 0 radical (unpaired) electrons. The van der Waals surface area contributed by atoms with E-state index < -0.39 is 21.3 Å². The van der Waals surface area contributed by atoms with Crippen LogP contribution in [-0.2, 0) is 16.9 Å². The van der Waals surface area contributed by atoms with Gasteiger partial charge in [-0.1, -0.05) is 25.0 Å². The van der Waals surface area contributed by atoms with Crippen LogP contribution in [0.15, 0.2) is 46.2 Å². The Morgan fingerprint density at radius 1 is 1.03 bits per heavy atom. The molecule has 1 N–H and O–H groups in total. The van der Waals surface area contributed by atoms with Crippen LogP contribution in [0.1, 0.15) is 46.4 Å². The number of nitrogens with one attached hydrogen (secondary N) is 1. The van der Waals surface area contributed by atoms with Crippen LogP contribution >= 0.6 is 0 Å². The highest BCUT2D eigenvalue weighted by molar-refractivity contribution is 7.90. The van der Waals surface area contributed by atoms with Gasteiger partial charge in [0.05, 0.1) is 16.0 Å². The average molecular weight is 432 g/mol. The number of aryl methyl sites for hydroxylation is 1. The molecule has 1 fully saturated rings. The standard InChI is InChI=1S/C21H25N3O5S/c1-23-14-15(20(26)24-11-7-3-4-8-12-24)13-17(21(23)27)22-19(25)16-9-5-6-10-18(16)30(2,28)29/h5-6,9-10,13-14H,3-4,7-8,11-12H2,1-2H3,(H,22,25). The number of carbonyl (C=O) groups is 2. The number of benzene rings is 1. The molecule has 160 valence electrons. The summed E-state index contributed by atoms with van der Waals surface area (Å²) in [6.45, 7) is 1.32. The van der Waals surface area contributed by atoms with Crippen LogP contribution in [-0.4, -0.2) is 49.0 Å². The summed E-state index contributed by atoms with van der Waals surface area (Å²) in [5.74, 6) is -0.924. The fraction of sp³-hybridized carbons (Fsp3) is 0.381. The van der Waals surface area contributed by atoms with Gasteiger partial charge in [-0.3, -0.25) is 14.4 Å². The second kappa shape index (κ2) is 8.83. The van der Waals surface area contributed by atoms with Crippen molar-refractivity contribution in [3.63, 3.8) is 0 Å². The minimum absolute atomic E-state index is 0.0636. The van der Waals surface area contributed by atoms with Gasteiger partial charge in [-0.2, -0.15) is 0 Å². The van der Waals surface area contributed by atoms with Gasteiger partial charge in [0.25, 0.3) is 17.4 Å². The predicted octanol–water partition coefficient (Wildman–Crippen LogP) is 2.06. The molecular formula is C21H25N3O5S. The highest BCUT2D eigenvalue weighted by Gasteiger charge is 2.22. The normalized spacial score (nSPS) is 14.8. The Kier molecular flexibility index (Phi) is 6.40. The van der Waals surface area contributed by atoms with Crippen molar-refractivity contribution in [1.82, 2.24) is 9.47 Å². The van der Waals surface area contributed by atoms with E-state index in [4.69, 9.17) is 0 Å². The summed E-state index contributed by atoms with van der Waals surface area (Å²) in [7, 11) is -2.13. The van der Waals surface area contributed by atoms with Crippen molar-refractivity contribution >= 4 is 27.3 Å². The van der Waals surface area contributed by atoms with Gasteiger partial charge < -0.3 is 14.8 Å². The Morgan fingerprint density at radius 2 is 1.67 bits per heavy atom. The molecule has 1 saturated heterocycles. The second-order valence-corrected chi connectivity index (χ2v) is 9.47. The second-order valence-electron chi connectivity index (χ2n) is 7.49. The molecule has 1 aliphatic rings. The van der Waals surface area contributed by atoms with E-state index in [9.17, 15) is 22.8 Å². The summed E-state index contributed by atoms with van der Waals surface area (Å²) in [6, 6.07) is 7.13. The molecule has 0 spiro atoms. The zero-order chi connectivity index (χ0) is 21.9. The van der Waals surface area contributed by atoms with Crippen LogP contribution in [0.3, 0.4) is 0 Å². The number of pyridine rings is 1. The van der Waals surface area contributed by atoms with Crippen LogP contribution in [0.5, 0.6) is 0 Å². The Hall–Kier alpha value is -2.94. The third kappa shape index (κ3) is 4.79. The predicted molar refractivity (Wildman–Crippen MR) is 114 cm³/mol. The first-order chi connectivity index (χ1) is 14.2. The Labute approximate surface area is 175 Å². The lowest BCUT2D eigenvalue weighted by molar-refractivity contribution is 0.0760. The number of likely N-dealkylation sites (tertiary alicyclic amines) is 1. The molecule has 30 heavy (non-hydrogen) atoms. The number of hydrogen-bond acceptors (Lipinski definition) is 5. The number of anilines is 1. The number of carbonyl (C=O) groups excluding carboxylic acids is 2. The van der Waals surface area contributed by atoms with E-state index in [1.165, 1.54) is 42.1 Å². The van der Waals surface area contributed by atoms with Gasteiger partial charge in [-0.15, -0.1) is 0 Å². The van der Waals surface area contributed by atoms with E-state index in [2.05, 4.69) is 5.32 Å². The summed E-state index contributed by atoms with van der Waals surface area (Å²) in [6.07, 6.45) is 6.50. The van der Waals surface area contributed by atoms with Gasteiger partial charge in [0.2, 0.25) is 0 Å². The molecule has 1 aromatic carbocycles. The average Bonchev–Trinajstić information content (AvgIpc) is 2.99. The van der Waals surface area contributed by atoms with E-state index in [0.29, 0.717) is 18.7 Å². The van der Waals surface area contributed by atoms with Crippen LogP contribution < -0.4 is 10.9 Å². The minimum Gasteiger partial charge on any atom is -0.339 e. The Morgan fingerprint density at radius 3 is 2.30 bits per heavy atom. The van der Waals surface area contributed by atoms with Gasteiger partial charge in [-0.25, -0.2) is 8.42 Å². The number of aromatic nitrogens is 1. The highest BCUT2D eigenvalue weighted by atomic mass is 32.2. The number of hydrogen-bond donors (Lipinski definition) is 1. The maximum Gasteiger partial charge on any atom is 0.274 e. The zero-order valence-corrected chi connectivity index (χ0v) is 17.9. The third-order valence-electron chi connectivity index (χ3n) is 5.10. The first kappa shape index (κ1) is 21.8. The maximum atomic E-state index is 12.9. The SMILES string of the molecule is Cn1cc(C(=O)N2CCCCCC2)cc(NC(=O)c2ccccc2S(C)(=O)=O)c1=O. The van der Waals surface area contributed by atoms with E-state index in [1.807, 2.05) is 0 Å². The molecule has 1 aromatic heterocycles. The summed E-state index contributed by atoms with van der Waals surface area (Å²) in [4.78, 5) is 39.8. The van der Waals surface area contributed by atoms with Crippen molar-refractivity contribution in [2.45, 2.75) is 30.6 Å². The third-order valence-corrected chi connectivity index (χ3v) is 6.26. The van der Waals surface area contributed by atoms with Gasteiger partial charge >= 0.3 is 0 Å². The monoisotopic (exact) mass is 431 g/mol. The van der Waals surface area contributed by atoms with Gasteiger partial charge in [0.15, 0.2) is 9.84 Å². The molecular weight excluding hydrogens is 406 g/mol. The lowest BCUT2D eigenvalue weighted by Crippen LogP contribution is -2.33. The summed E-state index contributed by atoms with van der Waals surface area (Å²) >= 11 is 0. The van der Waals surface area contributed by atoms with Crippen molar-refractivity contribution in [1.29, 1.82) is 0 Å². The van der Waals surface area contributed by atoms with E-state index in [1.54, 1.807) is 11.0 Å². The Bertz CT molecular complexity index is 1130. The molecule has 2 amide bonds. The quantitative estimate of drug-likeness (QED) is 0.798. The van der Waals surface area contributed by atoms with Crippen LogP contribution in [0.25, 0.3) is 0 Å². The van der Waals surface area contributed by atoms with Crippen molar-refractivity contribution in [3.05, 3.63) is 58.0 Å². The van der Waals surface area contributed by atoms with Crippen LogP contribution in [0.2, 0.25) is 0 Å². The fourth-order valence-corrected chi connectivity index (χ4v) is 4.43. The first-order valence-electron chi connectivity index (χ1n) is 9.79. The topological polar surface area (TPSA) is 106 Å². The molecule has 0 atom stereocenters. The number of rotatable bonds is 4. The molecule has 0 bridgehead atoms. The largest absolute Gasteiger partial charge is 0.339 e. The molecule has 2 aromatic rings. The lowest BCUT2D eigenvalue weighted by Gasteiger charge is -2.21. The fourth-order valence-electron chi connectivity index (χ4n) is 3.54. The first-order valence-corrected chi connectivity index (χ1v) is 11.7. The van der Waals surface area contributed by atoms with Crippen molar-refractivity contribution in [3.8, 4) is 0 Å². The molecule has 0 aliphatic carbocycles. The molecule has 1 aliphatic heterocycles. The summed E-state index contributed by atoms with van der Waals surface area (Å²) < 4.78 is 25.2. The van der Waals surface area contributed by atoms with Crippen LogP contribution in [0, 0.1) is 0 Å². The van der Waals surface area contributed by atoms with E-state index in [-0.39, 0.29) is 22.1 Å².